The number of hydrogen-bond acceptors (Lipinski definition) is 0. The van der Waals surface area contributed by atoms with E-state index in [1.807, 2.05) is 6.94 Å². The summed E-state index contributed by atoms with van der Waals surface area (Å²) in [6, 6.07) is 46.9. The first-order chi connectivity index (χ1) is 15.9. The smallest absolute Gasteiger partial charge is 0.0582 e. The number of hydrogen-bond donors (Lipinski definition) is 0. The van der Waals surface area contributed by atoms with Crippen molar-refractivity contribution < 1.29 is 23.0 Å². The van der Waals surface area contributed by atoms with Gasteiger partial charge in [0.05, 0.1) is 0 Å². The molecule has 0 saturated carbocycles. The van der Waals surface area contributed by atoms with Crippen LogP contribution in [0.1, 0.15) is 0 Å². The van der Waals surface area contributed by atoms with Crippen molar-refractivity contribution in [2.45, 2.75) is 0 Å². The summed E-state index contributed by atoms with van der Waals surface area (Å²) < 4.78 is 0. The summed E-state index contributed by atoms with van der Waals surface area (Å²) in [5.41, 5.74) is 5.19. The maximum atomic E-state index is 2.30. The largest absolute Gasteiger partial charge is 0.168 e. The molecule has 0 nitrogen and oxygen atoms in total. The molecule has 32 heavy (non-hydrogen) atoms. The van der Waals surface area contributed by atoms with E-state index in [9.17, 15) is 0 Å². The summed E-state index contributed by atoms with van der Waals surface area (Å²) in [5.74, 6) is 0. The molecule has 0 atom stereocenters. The van der Waals surface area contributed by atoms with Crippen molar-refractivity contribution in [1.82, 2.24) is 0 Å². The predicted molar refractivity (Wildman–Crippen MR) is 138 cm³/mol. The predicted octanol–water partition coefficient (Wildman–Crippen LogP) is 7.53. The Morgan fingerprint density at radius 3 is 1.78 bits per heavy atom. The molecule has 0 fully saturated rings. The fraction of sp³-hybridized carbons (Fsp3) is 0. The second-order valence-corrected chi connectivity index (χ2v) is 7.41. The molecule has 0 aliphatic heterocycles. The second kappa shape index (κ2) is 11.2. The first kappa shape index (κ1) is 22.4. The first-order valence-electron chi connectivity index (χ1n) is 10.7. The molecule has 2 heteroatoms. The van der Waals surface area contributed by atoms with Gasteiger partial charge in [-0.3, -0.25) is 0 Å². The molecular formula is C30H24HfSi. The van der Waals surface area contributed by atoms with Crippen molar-refractivity contribution in [3.05, 3.63) is 133 Å². The van der Waals surface area contributed by atoms with Crippen molar-refractivity contribution in [1.29, 1.82) is 0 Å². The third-order valence-corrected chi connectivity index (χ3v) is 5.49. The van der Waals surface area contributed by atoms with E-state index >= 15 is 0 Å². The molecule has 6 rings (SSSR count). The number of rotatable bonds is 2. The zero-order valence-electron chi connectivity index (χ0n) is 17.9. The molecule has 0 aliphatic carbocycles. The van der Waals surface area contributed by atoms with E-state index in [1.165, 1.54) is 66.8 Å². The average molecular weight is 591 g/mol. The fourth-order valence-electron chi connectivity index (χ4n) is 4.05. The van der Waals surface area contributed by atoms with Gasteiger partial charge in [0, 0.05) is 0 Å². The summed E-state index contributed by atoms with van der Waals surface area (Å²) in [7, 11) is 0. The molecule has 0 radical (unpaired) electrons. The second-order valence-electron chi connectivity index (χ2n) is 7.41. The van der Waals surface area contributed by atoms with Gasteiger partial charge in [-0.15, -0.1) is 63.7 Å². The van der Waals surface area contributed by atoms with Gasteiger partial charge in [-0.2, -0.15) is 17.5 Å². The van der Waals surface area contributed by atoms with Gasteiger partial charge in [-0.25, -0.2) is 0 Å². The van der Waals surface area contributed by atoms with Gasteiger partial charge in [0.1, 0.15) is 0 Å². The van der Waals surface area contributed by atoms with E-state index in [1.54, 1.807) is 0 Å². The fourth-order valence-corrected chi connectivity index (χ4v) is 4.05. The van der Waals surface area contributed by atoms with Crippen LogP contribution in [0, 0.1) is 0 Å². The third-order valence-electron chi connectivity index (χ3n) is 5.49. The van der Waals surface area contributed by atoms with Crippen molar-refractivity contribution in [3.8, 4) is 22.3 Å². The molecule has 0 heterocycles. The zero-order chi connectivity index (χ0) is 22.2. The first-order valence-corrected chi connectivity index (χ1v) is 19.0. The Hall–Kier alpha value is -2.81. The number of fused-ring (bicyclic) bond motifs is 2. The van der Waals surface area contributed by atoms with Gasteiger partial charge in [0.15, 0.2) is 0 Å². The summed E-state index contributed by atoms with van der Waals surface area (Å²) in [6.45, 7) is 2.00. The Bertz CT molecular complexity index is 1360. The van der Waals surface area contributed by atoms with Gasteiger partial charge in [-0.1, -0.05) is 96.1 Å². The van der Waals surface area contributed by atoms with E-state index in [0.29, 0.717) is 0 Å². The van der Waals surface area contributed by atoms with Crippen LogP contribution in [0.15, 0.2) is 133 Å². The molecule has 0 spiro atoms. The summed E-state index contributed by atoms with van der Waals surface area (Å²) >= 11 is 1.33. The summed E-state index contributed by atoms with van der Waals surface area (Å²) in [6.07, 6.45) is 0. The zero-order valence-corrected chi connectivity index (χ0v) is 22.9. The minimum Gasteiger partial charge on any atom is -0.168 e. The Morgan fingerprint density at radius 2 is 1.09 bits per heavy atom. The van der Waals surface area contributed by atoms with Gasteiger partial charge in [-0.05, 0) is 0 Å². The summed E-state index contributed by atoms with van der Waals surface area (Å²) in [5, 5.41) is 5.28. The minimum absolute atomic E-state index is 1.27. The van der Waals surface area contributed by atoms with Crippen LogP contribution in [0.4, 0.5) is 0 Å². The van der Waals surface area contributed by atoms with Crippen LogP contribution in [0.25, 0.3) is 43.8 Å². The van der Waals surface area contributed by atoms with Crippen molar-refractivity contribution >= 4 is 28.5 Å². The maximum Gasteiger partial charge on any atom is -0.0582 e. The average Bonchev–Trinajstić information content (AvgIpc) is 3.52. The van der Waals surface area contributed by atoms with Crippen LogP contribution >= 0.6 is 0 Å². The maximum absolute atomic E-state index is 2.30. The van der Waals surface area contributed by atoms with E-state index in [4.69, 9.17) is 0 Å². The van der Waals surface area contributed by atoms with Gasteiger partial charge < -0.3 is 0 Å². The van der Waals surface area contributed by atoms with Gasteiger partial charge >= 0.3 is 29.9 Å². The molecule has 0 bridgehead atoms. The summed E-state index contributed by atoms with van der Waals surface area (Å²) in [4.78, 5) is 0. The van der Waals surface area contributed by atoms with Gasteiger partial charge in [0.25, 0.3) is 0 Å². The number of benzene rings is 4. The van der Waals surface area contributed by atoms with Crippen LogP contribution in [-0.4, -0.2) is 6.94 Å². The van der Waals surface area contributed by atoms with Crippen LogP contribution in [0.2, 0.25) is 0 Å². The molecule has 0 amide bonds. The van der Waals surface area contributed by atoms with Crippen LogP contribution in [0.3, 0.4) is 0 Å². The molecule has 0 N–H and O–H groups in total. The molecule has 0 aromatic heterocycles. The minimum atomic E-state index is 1.27. The van der Waals surface area contributed by atoms with Gasteiger partial charge in [0.2, 0.25) is 0 Å². The Labute approximate surface area is 206 Å². The van der Waals surface area contributed by atoms with Crippen LogP contribution in [-0.2, 0) is 23.0 Å². The Kier molecular flexibility index (Phi) is 7.81. The molecule has 6 aromatic carbocycles. The standard InChI is InChI=1S/C21H15.C9H7.Hf.H2Si/c1-3-9-16(10-4-1)20-15-18-13-7-8-14-19(18)21(20)17-11-5-2-6-12-17;1-2-5-9-7-3-6-8(9)4-1;;/h1-15H;1-7H;;1H2/q2*-1;+2;. The Balaban J connectivity index is 0.000000185. The van der Waals surface area contributed by atoms with E-state index in [-0.39, 0.29) is 0 Å². The molecular weight excluding hydrogens is 567 g/mol. The van der Waals surface area contributed by atoms with Crippen molar-refractivity contribution in [2.24, 2.45) is 0 Å². The van der Waals surface area contributed by atoms with Crippen molar-refractivity contribution in [3.63, 3.8) is 0 Å². The third kappa shape index (κ3) is 4.98. The van der Waals surface area contributed by atoms with E-state index < -0.39 is 0 Å². The Morgan fingerprint density at radius 1 is 0.531 bits per heavy atom. The SMILES string of the molecule is [SiH2]=[Hf+2].c1ccc(-c2[cH-]c3ccccc3c2-c2ccccc2)cc1.c1ccc2[cH-]ccc2c1. The molecule has 6 aromatic rings. The topological polar surface area (TPSA) is 0 Å². The molecule has 0 saturated heterocycles. The monoisotopic (exact) mass is 592 g/mol. The van der Waals surface area contributed by atoms with E-state index in [0.717, 1.165) is 0 Å². The van der Waals surface area contributed by atoms with Crippen LogP contribution < -0.4 is 0 Å². The van der Waals surface area contributed by atoms with Crippen LogP contribution in [0.5, 0.6) is 0 Å². The normalized spacial score (nSPS) is 10.2. The molecule has 0 aliphatic rings. The quantitative estimate of drug-likeness (QED) is 0.144. The van der Waals surface area contributed by atoms with Crippen molar-refractivity contribution in [2.75, 3.05) is 0 Å². The molecule has 152 valence electrons. The molecule has 0 unspecified atom stereocenters. The van der Waals surface area contributed by atoms with E-state index in [2.05, 4.69) is 133 Å².